The lowest BCUT2D eigenvalue weighted by Crippen LogP contribution is -2.44. The van der Waals surface area contributed by atoms with E-state index in [0.717, 1.165) is 45.3 Å². The van der Waals surface area contributed by atoms with E-state index in [1.54, 1.807) is 6.07 Å². The van der Waals surface area contributed by atoms with Gasteiger partial charge in [0, 0.05) is 25.4 Å². The van der Waals surface area contributed by atoms with Crippen LogP contribution in [-0.2, 0) is 20.7 Å². The Morgan fingerprint density at radius 2 is 2.15 bits per heavy atom. The molecule has 1 aromatic heterocycles. The van der Waals surface area contributed by atoms with Crippen molar-refractivity contribution < 1.29 is 18.7 Å². The number of carbonyl (C=O) groups excluding carboxylic acids is 1. The average Bonchev–Trinajstić information content (AvgIpc) is 3.32. The Balaban J connectivity index is 1.35. The van der Waals surface area contributed by atoms with Crippen molar-refractivity contribution in [3.05, 3.63) is 29.8 Å². The standard InChI is InChI=1S/C20H28FN3O3/c21-15-5-6-16(22-13-15)12-19(25)24-14-18(20-17(24)4-3-10-27-20)26-11-9-23-7-1-2-8-23/h5-6,13,17-18,20H,1-4,7-12,14H2/t17-,18+,20+/m1/s1. The fourth-order valence-electron chi connectivity index (χ4n) is 4.45. The maximum absolute atomic E-state index is 13.0. The highest BCUT2D eigenvalue weighted by atomic mass is 19.1. The van der Waals surface area contributed by atoms with Gasteiger partial charge in [0.25, 0.3) is 0 Å². The van der Waals surface area contributed by atoms with E-state index in [1.807, 2.05) is 4.90 Å². The highest BCUT2D eigenvalue weighted by molar-refractivity contribution is 5.79. The van der Waals surface area contributed by atoms with Gasteiger partial charge < -0.3 is 19.3 Å². The van der Waals surface area contributed by atoms with Crippen LogP contribution in [0.4, 0.5) is 4.39 Å². The largest absolute Gasteiger partial charge is 0.373 e. The van der Waals surface area contributed by atoms with E-state index in [-0.39, 0.29) is 36.4 Å². The first-order valence-corrected chi connectivity index (χ1v) is 10.1. The molecule has 3 fully saturated rings. The van der Waals surface area contributed by atoms with Gasteiger partial charge in [-0.1, -0.05) is 0 Å². The van der Waals surface area contributed by atoms with Gasteiger partial charge in [0.15, 0.2) is 0 Å². The summed E-state index contributed by atoms with van der Waals surface area (Å²) in [6, 6.07) is 2.99. The summed E-state index contributed by atoms with van der Waals surface area (Å²) in [4.78, 5) is 21.2. The summed E-state index contributed by atoms with van der Waals surface area (Å²) in [6.45, 7) is 5.24. The summed E-state index contributed by atoms with van der Waals surface area (Å²) >= 11 is 0. The molecular weight excluding hydrogens is 349 g/mol. The second-order valence-electron chi connectivity index (χ2n) is 7.69. The number of amides is 1. The molecule has 3 aliphatic heterocycles. The number of nitrogens with zero attached hydrogens (tertiary/aromatic N) is 3. The number of carbonyl (C=O) groups is 1. The molecule has 3 aliphatic rings. The zero-order valence-electron chi connectivity index (χ0n) is 15.7. The second kappa shape index (κ2) is 8.63. The Labute approximate surface area is 159 Å². The van der Waals surface area contributed by atoms with E-state index in [1.165, 1.54) is 18.9 Å². The quantitative estimate of drug-likeness (QED) is 0.754. The Hall–Kier alpha value is -1.57. The van der Waals surface area contributed by atoms with Crippen molar-refractivity contribution in [3.63, 3.8) is 0 Å². The maximum atomic E-state index is 13.0. The fraction of sp³-hybridized carbons (Fsp3) is 0.700. The first-order valence-electron chi connectivity index (χ1n) is 10.1. The van der Waals surface area contributed by atoms with Gasteiger partial charge >= 0.3 is 0 Å². The molecule has 3 saturated heterocycles. The smallest absolute Gasteiger partial charge is 0.229 e. The molecule has 0 aliphatic carbocycles. The first kappa shape index (κ1) is 18.8. The van der Waals surface area contributed by atoms with Gasteiger partial charge in [-0.3, -0.25) is 9.78 Å². The van der Waals surface area contributed by atoms with Gasteiger partial charge in [-0.05, 0) is 50.9 Å². The monoisotopic (exact) mass is 377 g/mol. The van der Waals surface area contributed by atoms with Crippen LogP contribution in [-0.4, -0.2) is 78.3 Å². The number of aromatic nitrogens is 1. The summed E-state index contributed by atoms with van der Waals surface area (Å²) in [6.07, 6.45) is 5.69. The van der Waals surface area contributed by atoms with Crippen LogP contribution in [0.2, 0.25) is 0 Å². The van der Waals surface area contributed by atoms with Crippen LogP contribution >= 0.6 is 0 Å². The van der Waals surface area contributed by atoms with Crippen LogP contribution in [0.1, 0.15) is 31.4 Å². The fourth-order valence-corrected chi connectivity index (χ4v) is 4.45. The van der Waals surface area contributed by atoms with Crippen LogP contribution < -0.4 is 0 Å². The van der Waals surface area contributed by atoms with Crippen molar-refractivity contribution in [3.8, 4) is 0 Å². The van der Waals surface area contributed by atoms with E-state index in [2.05, 4.69) is 9.88 Å². The highest BCUT2D eigenvalue weighted by Crippen LogP contribution is 2.31. The average molecular weight is 377 g/mol. The van der Waals surface area contributed by atoms with Crippen LogP contribution in [0.5, 0.6) is 0 Å². The van der Waals surface area contributed by atoms with Crippen LogP contribution in [0.3, 0.4) is 0 Å². The van der Waals surface area contributed by atoms with E-state index in [0.29, 0.717) is 18.8 Å². The molecule has 1 amide bonds. The van der Waals surface area contributed by atoms with E-state index >= 15 is 0 Å². The van der Waals surface area contributed by atoms with Gasteiger partial charge in [-0.2, -0.15) is 0 Å². The molecule has 4 heterocycles. The minimum Gasteiger partial charge on any atom is -0.373 e. The number of hydrogen-bond donors (Lipinski definition) is 0. The molecule has 27 heavy (non-hydrogen) atoms. The molecule has 4 rings (SSSR count). The van der Waals surface area contributed by atoms with Crippen molar-refractivity contribution in [2.75, 3.05) is 39.4 Å². The number of pyridine rings is 1. The number of ether oxygens (including phenoxy) is 2. The molecule has 0 unspecified atom stereocenters. The van der Waals surface area contributed by atoms with Crippen molar-refractivity contribution >= 4 is 5.91 Å². The molecule has 1 aromatic rings. The number of halogens is 1. The summed E-state index contributed by atoms with van der Waals surface area (Å²) in [5.41, 5.74) is 0.591. The minimum absolute atomic E-state index is 0.0141. The Morgan fingerprint density at radius 3 is 2.93 bits per heavy atom. The lowest BCUT2D eigenvalue weighted by atomic mass is 10.0. The molecule has 0 radical (unpaired) electrons. The predicted octanol–water partition coefficient (Wildman–Crippen LogP) is 1.63. The first-order chi connectivity index (χ1) is 13.2. The van der Waals surface area contributed by atoms with Crippen molar-refractivity contribution in [1.82, 2.24) is 14.8 Å². The van der Waals surface area contributed by atoms with Gasteiger partial charge in [0.05, 0.1) is 25.3 Å². The predicted molar refractivity (Wildman–Crippen MR) is 97.8 cm³/mol. The van der Waals surface area contributed by atoms with Gasteiger partial charge in [0.2, 0.25) is 5.91 Å². The van der Waals surface area contributed by atoms with Crippen LogP contribution in [0.15, 0.2) is 18.3 Å². The molecular formula is C20H28FN3O3. The SMILES string of the molecule is O=C(Cc1ccc(F)cn1)N1C[C@H](OCCN2CCCC2)[C@H]2OCCC[C@H]21. The van der Waals surface area contributed by atoms with Gasteiger partial charge in [-0.25, -0.2) is 4.39 Å². The topological polar surface area (TPSA) is 54.9 Å². The number of fused-ring (bicyclic) bond motifs is 1. The Bertz CT molecular complexity index is 636. The maximum Gasteiger partial charge on any atom is 0.229 e. The highest BCUT2D eigenvalue weighted by Gasteiger charge is 2.46. The van der Waals surface area contributed by atoms with Crippen LogP contribution in [0.25, 0.3) is 0 Å². The van der Waals surface area contributed by atoms with Crippen LogP contribution in [0, 0.1) is 5.82 Å². The lowest BCUT2D eigenvalue weighted by Gasteiger charge is -2.32. The molecule has 0 saturated carbocycles. The molecule has 6 nitrogen and oxygen atoms in total. The number of hydrogen-bond acceptors (Lipinski definition) is 5. The molecule has 0 spiro atoms. The molecule has 0 aromatic carbocycles. The third-order valence-electron chi connectivity index (χ3n) is 5.86. The summed E-state index contributed by atoms with van der Waals surface area (Å²) in [7, 11) is 0. The lowest BCUT2D eigenvalue weighted by molar-refractivity contribution is -0.134. The Morgan fingerprint density at radius 1 is 1.30 bits per heavy atom. The molecule has 0 bridgehead atoms. The Kier molecular flexibility index (Phi) is 6.00. The molecule has 3 atom stereocenters. The second-order valence-corrected chi connectivity index (χ2v) is 7.69. The third kappa shape index (κ3) is 4.47. The number of likely N-dealkylation sites (tertiary alicyclic amines) is 2. The summed E-state index contributed by atoms with van der Waals surface area (Å²) < 4.78 is 25.2. The zero-order chi connectivity index (χ0) is 18.6. The van der Waals surface area contributed by atoms with Crippen molar-refractivity contribution in [2.45, 2.75) is 50.4 Å². The third-order valence-corrected chi connectivity index (χ3v) is 5.86. The molecule has 0 N–H and O–H groups in total. The minimum atomic E-state index is -0.389. The van der Waals surface area contributed by atoms with Crippen molar-refractivity contribution in [2.24, 2.45) is 0 Å². The summed E-state index contributed by atoms with van der Waals surface area (Å²) in [5, 5.41) is 0. The van der Waals surface area contributed by atoms with E-state index in [4.69, 9.17) is 9.47 Å². The molecule has 148 valence electrons. The normalized spacial score (nSPS) is 28.5. The van der Waals surface area contributed by atoms with E-state index in [9.17, 15) is 9.18 Å². The summed E-state index contributed by atoms with van der Waals surface area (Å²) in [5.74, 6) is -0.375. The van der Waals surface area contributed by atoms with E-state index < -0.39 is 0 Å². The van der Waals surface area contributed by atoms with Gasteiger partial charge in [-0.15, -0.1) is 0 Å². The van der Waals surface area contributed by atoms with Crippen molar-refractivity contribution in [1.29, 1.82) is 0 Å². The molecule has 7 heteroatoms. The van der Waals surface area contributed by atoms with Gasteiger partial charge in [0.1, 0.15) is 18.0 Å². The number of rotatable bonds is 6. The zero-order valence-corrected chi connectivity index (χ0v) is 15.7.